The number of amides is 2. The molecule has 0 aliphatic heterocycles. The summed E-state index contributed by atoms with van der Waals surface area (Å²) in [5.74, 6) is 0.00435. The fraction of sp³-hybridized carbons (Fsp3) is 0.500. The molecular weight excluding hydrogens is 268 g/mol. The third-order valence-electron chi connectivity index (χ3n) is 2.57. The highest BCUT2D eigenvalue weighted by atomic mass is 16.6. The van der Waals surface area contributed by atoms with E-state index in [1.807, 2.05) is 27.7 Å². The van der Waals surface area contributed by atoms with E-state index in [4.69, 9.17) is 4.74 Å². The summed E-state index contributed by atoms with van der Waals surface area (Å²) in [5, 5.41) is 5.45. The Morgan fingerprint density at radius 3 is 2.05 bits per heavy atom. The van der Waals surface area contributed by atoms with Crippen LogP contribution < -0.4 is 10.6 Å². The van der Waals surface area contributed by atoms with Gasteiger partial charge in [0.25, 0.3) is 0 Å². The predicted octanol–water partition coefficient (Wildman–Crippen LogP) is 4.16. The highest BCUT2D eigenvalue weighted by Crippen LogP contribution is 2.15. The van der Waals surface area contributed by atoms with Crippen LogP contribution in [0, 0.1) is 0 Å². The quantitative estimate of drug-likeness (QED) is 0.856. The molecule has 1 aromatic carbocycles. The number of nitrogens with one attached hydrogen (secondary N) is 2. The Hall–Kier alpha value is -2.04. The van der Waals surface area contributed by atoms with Gasteiger partial charge in [-0.1, -0.05) is 13.3 Å². The molecule has 0 fully saturated rings. The monoisotopic (exact) mass is 292 g/mol. The fourth-order valence-corrected chi connectivity index (χ4v) is 1.62. The molecule has 116 valence electrons. The van der Waals surface area contributed by atoms with Crippen molar-refractivity contribution < 1.29 is 14.3 Å². The number of rotatable bonds is 5. The molecule has 0 aromatic heterocycles. The van der Waals surface area contributed by atoms with Gasteiger partial charge in [-0.15, -0.1) is 0 Å². The second-order valence-electron chi connectivity index (χ2n) is 5.86. The van der Waals surface area contributed by atoms with Crippen molar-refractivity contribution in [3.05, 3.63) is 24.3 Å². The third kappa shape index (κ3) is 7.34. The van der Waals surface area contributed by atoms with E-state index in [1.165, 1.54) is 0 Å². The van der Waals surface area contributed by atoms with Gasteiger partial charge in [0.2, 0.25) is 5.91 Å². The summed E-state index contributed by atoms with van der Waals surface area (Å²) < 4.78 is 5.16. The number of carbonyl (C=O) groups is 2. The molecule has 0 saturated carbocycles. The van der Waals surface area contributed by atoms with Gasteiger partial charge in [0.15, 0.2) is 0 Å². The van der Waals surface area contributed by atoms with Gasteiger partial charge in [-0.2, -0.15) is 0 Å². The number of benzene rings is 1. The molecule has 0 atom stereocenters. The molecule has 0 bridgehead atoms. The fourth-order valence-electron chi connectivity index (χ4n) is 1.62. The number of ether oxygens (including phenoxy) is 1. The number of hydrogen-bond donors (Lipinski definition) is 2. The van der Waals surface area contributed by atoms with Gasteiger partial charge in [0.1, 0.15) is 5.60 Å². The number of carbonyl (C=O) groups excluding carboxylic acids is 2. The summed E-state index contributed by atoms with van der Waals surface area (Å²) in [5.41, 5.74) is 0.804. The van der Waals surface area contributed by atoms with Gasteiger partial charge >= 0.3 is 6.09 Å². The van der Waals surface area contributed by atoms with Crippen molar-refractivity contribution in [1.29, 1.82) is 0 Å². The molecule has 0 saturated heterocycles. The SMILES string of the molecule is CCCCC(=O)Nc1ccc(NC(=O)OC(C)(C)C)cc1. The minimum Gasteiger partial charge on any atom is -0.444 e. The van der Waals surface area contributed by atoms with Crippen LogP contribution in [-0.2, 0) is 9.53 Å². The highest BCUT2D eigenvalue weighted by Gasteiger charge is 2.16. The molecule has 0 spiro atoms. The average molecular weight is 292 g/mol. The Balaban J connectivity index is 2.50. The molecule has 0 aliphatic carbocycles. The molecule has 1 aromatic rings. The van der Waals surface area contributed by atoms with Crippen LogP contribution in [0.25, 0.3) is 0 Å². The maximum atomic E-state index is 11.6. The van der Waals surface area contributed by atoms with Crippen molar-refractivity contribution in [3.8, 4) is 0 Å². The first-order valence-corrected chi connectivity index (χ1v) is 7.20. The van der Waals surface area contributed by atoms with Crippen LogP contribution in [0.1, 0.15) is 47.0 Å². The normalized spacial score (nSPS) is 10.9. The van der Waals surface area contributed by atoms with Crippen LogP contribution in [0.5, 0.6) is 0 Å². The summed E-state index contributed by atoms with van der Waals surface area (Å²) in [6, 6.07) is 6.94. The van der Waals surface area contributed by atoms with E-state index in [2.05, 4.69) is 10.6 Å². The largest absolute Gasteiger partial charge is 0.444 e. The highest BCUT2D eigenvalue weighted by molar-refractivity contribution is 5.91. The molecule has 21 heavy (non-hydrogen) atoms. The molecule has 1 rings (SSSR count). The predicted molar refractivity (Wildman–Crippen MR) is 84.5 cm³/mol. The first-order valence-electron chi connectivity index (χ1n) is 7.20. The maximum Gasteiger partial charge on any atom is 0.412 e. The van der Waals surface area contributed by atoms with Crippen LogP contribution in [0.3, 0.4) is 0 Å². The van der Waals surface area contributed by atoms with Gasteiger partial charge in [-0.25, -0.2) is 4.79 Å². The molecule has 2 N–H and O–H groups in total. The summed E-state index contributed by atoms with van der Waals surface area (Å²) in [6.07, 6.45) is 1.90. The zero-order valence-corrected chi connectivity index (χ0v) is 13.2. The number of unbranched alkanes of at least 4 members (excludes halogenated alkanes) is 1. The van der Waals surface area contributed by atoms with Crippen LogP contribution in [0.15, 0.2) is 24.3 Å². The van der Waals surface area contributed by atoms with E-state index in [1.54, 1.807) is 24.3 Å². The zero-order valence-electron chi connectivity index (χ0n) is 13.2. The molecule has 0 heterocycles. The van der Waals surface area contributed by atoms with Crippen molar-refractivity contribution in [2.75, 3.05) is 10.6 Å². The lowest BCUT2D eigenvalue weighted by Crippen LogP contribution is -2.27. The summed E-state index contributed by atoms with van der Waals surface area (Å²) >= 11 is 0. The Morgan fingerprint density at radius 2 is 1.57 bits per heavy atom. The van der Waals surface area contributed by atoms with Gasteiger partial charge in [0, 0.05) is 17.8 Å². The van der Waals surface area contributed by atoms with Crippen molar-refractivity contribution in [1.82, 2.24) is 0 Å². The van der Waals surface area contributed by atoms with Crippen molar-refractivity contribution in [3.63, 3.8) is 0 Å². The second kappa shape index (κ2) is 7.67. The van der Waals surface area contributed by atoms with Crippen molar-refractivity contribution in [2.24, 2.45) is 0 Å². The van der Waals surface area contributed by atoms with Gasteiger partial charge in [-0.05, 0) is 51.5 Å². The smallest absolute Gasteiger partial charge is 0.412 e. The van der Waals surface area contributed by atoms with Gasteiger partial charge < -0.3 is 10.1 Å². The van der Waals surface area contributed by atoms with E-state index < -0.39 is 11.7 Å². The third-order valence-corrected chi connectivity index (χ3v) is 2.57. The first kappa shape index (κ1) is 17.0. The number of hydrogen-bond acceptors (Lipinski definition) is 3. The van der Waals surface area contributed by atoms with E-state index in [9.17, 15) is 9.59 Å². The van der Waals surface area contributed by atoms with E-state index >= 15 is 0 Å². The minimum atomic E-state index is -0.530. The van der Waals surface area contributed by atoms with Gasteiger partial charge in [0.05, 0.1) is 0 Å². The van der Waals surface area contributed by atoms with Crippen LogP contribution >= 0.6 is 0 Å². The summed E-state index contributed by atoms with van der Waals surface area (Å²) in [4.78, 5) is 23.2. The topological polar surface area (TPSA) is 67.4 Å². The van der Waals surface area contributed by atoms with Crippen LogP contribution in [-0.4, -0.2) is 17.6 Å². The molecule has 2 amide bonds. The van der Waals surface area contributed by atoms with Crippen molar-refractivity contribution >= 4 is 23.4 Å². The van der Waals surface area contributed by atoms with E-state index in [0.29, 0.717) is 17.8 Å². The lowest BCUT2D eigenvalue weighted by molar-refractivity contribution is -0.116. The molecule has 0 radical (unpaired) electrons. The zero-order chi connectivity index (χ0) is 15.9. The lowest BCUT2D eigenvalue weighted by Gasteiger charge is -2.19. The molecular formula is C16H24N2O3. The Labute approximate surface area is 126 Å². The summed E-state index contributed by atoms with van der Waals surface area (Å²) in [6.45, 7) is 7.47. The Kier molecular flexibility index (Phi) is 6.21. The Bertz CT molecular complexity index is 475. The molecule has 5 heteroatoms. The number of anilines is 2. The van der Waals surface area contributed by atoms with Gasteiger partial charge in [-0.3, -0.25) is 10.1 Å². The molecule has 0 unspecified atom stereocenters. The molecule has 0 aliphatic rings. The van der Waals surface area contributed by atoms with Crippen LogP contribution in [0.2, 0.25) is 0 Å². The first-order chi connectivity index (χ1) is 9.80. The summed E-state index contributed by atoms with van der Waals surface area (Å²) in [7, 11) is 0. The van der Waals surface area contributed by atoms with E-state index in [-0.39, 0.29) is 5.91 Å². The van der Waals surface area contributed by atoms with Crippen molar-refractivity contribution in [2.45, 2.75) is 52.6 Å². The minimum absolute atomic E-state index is 0.00435. The molecule has 5 nitrogen and oxygen atoms in total. The van der Waals surface area contributed by atoms with Crippen LogP contribution in [0.4, 0.5) is 16.2 Å². The Morgan fingerprint density at radius 1 is 1.05 bits per heavy atom. The maximum absolute atomic E-state index is 11.6. The average Bonchev–Trinajstić information content (AvgIpc) is 2.36. The lowest BCUT2D eigenvalue weighted by atomic mass is 10.2. The standard InChI is InChI=1S/C16H24N2O3/c1-5-6-7-14(19)17-12-8-10-13(11-9-12)18-15(20)21-16(2,3)4/h8-11H,5-7H2,1-4H3,(H,17,19)(H,18,20). The second-order valence-corrected chi connectivity index (χ2v) is 5.86. The van der Waals surface area contributed by atoms with E-state index in [0.717, 1.165) is 12.8 Å².